The van der Waals surface area contributed by atoms with E-state index in [1.807, 2.05) is 0 Å². The molecule has 0 radical (unpaired) electrons. The van der Waals surface area contributed by atoms with Crippen LogP contribution in [0, 0.1) is 5.41 Å². The van der Waals surface area contributed by atoms with Crippen LogP contribution in [0.1, 0.15) is 33.6 Å². The number of hydrogen-bond acceptors (Lipinski definition) is 4. The highest BCUT2D eigenvalue weighted by Crippen LogP contribution is 2.28. The summed E-state index contributed by atoms with van der Waals surface area (Å²) in [6, 6.07) is 0. The van der Waals surface area contributed by atoms with Crippen molar-refractivity contribution in [1.29, 1.82) is 0 Å². The van der Waals surface area contributed by atoms with Gasteiger partial charge in [-0.05, 0) is 33.6 Å². The van der Waals surface area contributed by atoms with Crippen molar-refractivity contribution in [1.82, 2.24) is 5.32 Å². The summed E-state index contributed by atoms with van der Waals surface area (Å²) in [7, 11) is 0. The summed E-state index contributed by atoms with van der Waals surface area (Å²) in [4.78, 5) is 22.8. The minimum Gasteiger partial charge on any atom is -0.481 e. The fraction of sp³-hybridized carbons (Fsp3) is 0.833. The van der Waals surface area contributed by atoms with Gasteiger partial charge in [0.15, 0.2) is 0 Å². The molecule has 0 aromatic carbocycles. The van der Waals surface area contributed by atoms with Crippen molar-refractivity contribution in [2.24, 2.45) is 5.41 Å². The van der Waals surface area contributed by atoms with Crippen molar-refractivity contribution in [3.05, 3.63) is 0 Å². The molecule has 1 unspecified atom stereocenters. The second-order valence-corrected chi connectivity index (χ2v) is 5.60. The highest BCUT2D eigenvalue weighted by atomic mass is 16.6. The first-order valence-corrected chi connectivity index (χ1v) is 6.03. The van der Waals surface area contributed by atoms with E-state index >= 15 is 0 Å². The monoisotopic (exact) mass is 259 g/mol. The molecule has 1 saturated heterocycles. The topological polar surface area (TPSA) is 84.9 Å². The number of rotatable bonds is 3. The van der Waals surface area contributed by atoms with Gasteiger partial charge >= 0.3 is 12.1 Å². The van der Waals surface area contributed by atoms with Gasteiger partial charge in [-0.3, -0.25) is 4.79 Å². The molecule has 1 amide bonds. The third kappa shape index (κ3) is 4.18. The molecule has 104 valence electrons. The van der Waals surface area contributed by atoms with E-state index in [4.69, 9.17) is 9.47 Å². The van der Waals surface area contributed by atoms with Crippen LogP contribution in [0.5, 0.6) is 0 Å². The standard InChI is InChI=1S/C12H21NO5/c1-11(2,3)18-10(16)13-7-12(9(14)15)5-4-6-17-8-12/h4-8H2,1-3H3,(H,13,16)(H,14,15). The molecular weight excluding hydrogens is 238 g/mol. The first kappa shape index (κ1) is 14.8. The van der Waals surface area contributed by atoms with E-state index in [1.165, 1.54) is 0 Å². The molecule has 6 heteroatoms. The van der Waals surface area contributed by atoms with Crippen molar-refractivity contribution in [3.8, 4) is 0 Å². The molecule has 1 rings (SSSR count). The van der Waals surface area contributed by atoms with Gasteiger partial charge in [-0.2, -0.15) is 0 Å². The number of amides is 1. The predicted molar refractivity (Wildman–Crippen MR) is 64.4 cm³/mol. The highest BCUT2D eigenvalue weighted by molar-refractivity contribution is 5.76. The van der Waals surface area contributed by atoms with Crippen molar-refractivity contribution in [2.75, 3.05) is 19.8 Å². The van der Waals surface area contributed by atoms with E-state index in [1.54, 1.807) is 20.8 Å². The fourth-order valence-corrected chi connectivity index (χ4v) is 1.79. The average Bonchev–Trinajstić information content (AvgIpc) is 2.25. The number of carbonyl (C=O) groups is 2. The zero-order valence-electron chi connectivity index (χ0n) is 11.1. The van der Waals surface area contributed by atoms with Crippen LogP contribution in [0.2, 0.25) is 0 Å². The van der Waals surface area contributed by atoms with Gasteiger partial charge in [0.1, 0.15) is 11.0 Å². The quantitative estimate of drug-likeness (QED) is 0.800. The van der Waals surface area contributed by atoms with Gasteiger partial charge in [0, 0.05) is 13.2 Å². The maximum Gasteiger partial charge on any atom is 0.407 e. The first-order chi connectivity index (χ1) is 8.25. The smallest absolute Gasteiger partial charge is 0.407 e. The second kappa shape index (κ2) is 5.56. The Morgan fingerprint density at radius 1 is 1.44 bits per heavy atom. The Morgan fingerprint density at radius 2 is 2.11 bits per heavy atom. The van der Waals surface area contributed by atoms with E-state index in [0.717, 1.165) is 0 Å². The van der Waals surface area contributed by atoms with Crippen LogP contribution in [-0.4, -0.2) is 42.5 Å². The van der Waals surface area contributed by atoms with Crippen LogP contribution < -0.4 is 5.32 Å². The molecule has 1 fully saturated rings. The number of carbonyl (C=O) groups excluding carboxylic acids is 1. The molecule has 1 atom stereocenters. The van der Waals surface area contributed by atoms with Crippen molar-refractivity contribution < 1.29 is 24.2 Å². The summed E-state index contributed by atoms with van der Waals surface area (Å²) in [6.07, 6.45) is 0.578. The summed E-state index contributed by atoms with van der Waals surface area (Å²) in [5.74, 6) is -0.946. The molecule has 0 bridgehead atoms. The van der Waals surface area contributed by atoms with Gasteiger partial charge in [-0.1, -0.05) is 0 Å². The van der Waals surface area contributed by atoms with Crippen molar-refractivity contribution >= 4 is 12.1 Å². The van der Waals surface area contributed by atoms with E-state index in [0.29, 0.717) is 19.4 Å². The van der Waals surface area contributed by atoms with Crippen LogP contribution in [0.15, 0.2) is 0 Å². The average molecular weight is 259 g/mol. The lowest BCUT2D eigenvalue weighted by Crippen LogP contribution is -2.49. The van der Waals surface area contributed by atoms with Gasteiger partial charge in [-0.25, -0.2) is 4.79 Å². The van der Waals surface area contributed by atoms with Gasteiger partial charge in [-0.15, -0.1) is 0 Å². The summed E-state index contributed by atoms with van der Waals surface area (Å²) < 4.78 is 10.3. The van der Waals surface area contributed by atoms with Crippen LogP contribution in [0.4, 0.5) is 4.79 Å². The Morgan fingerprint density at radius 3 is 2.56 bits per heavy atom. The van der Waals surface area contributed by atoms with E-state index in [2.05, 4.69) is 5.32 Å². The van der Waals surface area contributed by atoms with Gasteiger partial charge in [0.25, 0.3) is 0 Å². The molecule has 0 aromatic rings. The molecule has 0 saturated carbocycles. The molecule has 1 aliphatic rings. The fourth-order valence-electron chi connectivity index (χ4n) is 1.79. The molecule has 0 aliphatic carbocycles. The SMILES string of the molecule is CC(C)(C)OC(=O)NCC1(C(=O)O)CCCOC1. The molecule has 18 heavy (non-hydrogen) atoms. The Bertz CT molecular complexity index is 315. The van der Waals surface area contributed by atoms with Crippen molar-refractivity contribution in [3.63, 3.8) is 0 Å². The minimum atomic E-state index is -1.03. The van der Waals surface area contributed by atoms with Crippen molar-refractivity contribution in [2.45, 2.75) is 39.2 Å². The van der Waals surface area contributed by atoms with Gasteiger partial charge in [0.05, 0.1) is 6.61 Å². The third-order valence-corrected chi connectivity index (χ3v) is 2.75. The van der Waals surface area contributed by atoms with Crippen LogP contribution in [-0.2, 0) is 14.3 Å². The molecule has 6 nitrogen and oxygen atoms in total. The molecule has 0 spiro atoms. The first-order valence-electron chi connectivity index (χ1n) is 6.03. The Balaban J connectivity index is 2.53. The summed E-state index contributed by atoms with van der Waals surface area (Å²) in [5.41, 5.74) is -1.63. The zero-order valence-corrected chi connectivity index (χ0v) is 11.1. The number of aliphatic carboxylic acids is 1. The maximum atomic E-state index is 11.5. The Labute approximate surface area is 107 Å². The Kier molecular flexibility index (Phi) is 4.56. The Hall–Kier alpha value is -1.30. The van der Waals surface area contributed by atoms with E-state index in [-0.39, 0.29) is 13.2 Å². The molecule has 1 aliphatic heterocycles. The van der Waals surface area contributed by atoms with E-state index in [9.17, 15) is 14.7 Å². The maximum absolute atomic E-state index is 11.5. The second-order valence-electron chi connectivity index (χ2n) is 5.60. The summed E-state index contributed by atoms with van der Waals surface area (Å²) in [5, 5.41) is 11.8. The number of alkyl carbamates (subject to hydrolysis) is 1. The van der Waals surface area contributed by atoms with Gasteiger partial charge < -0.3 is 19.9 Å². The number of carboxylic acids is 1. The molecule has 0 aromatic heterocycles. The lowest BCUT2D eigenvalue weighted by Gasteiger charge is -2.33. The van der Waals surface area contributed by atoms with Crippen LogP contribution in [0.3, 0.4) is 0 Å². The lowest BCUT2D eigenvalue weighted by atomic mass is 9.82. The summed E-state index contributed by atoms with van der Waals surface area (Å²) in [6.45, 7) is 5.98. The molecule has 2 N–H and O–H groups in total. The summed E-state index contributed by atoms with van der Waals surface area (Å²) >= 11 is 0. The predicted octanol–water partition coefficient (Wildman–Crippen LogP) is 1.39. The largest absolute Gasteiger partial charge is 0.481 e. The molecular formula is C12H21NO5. The van der Waals surface area contributed by atoms with E-state index < -0.39 is 23.1 Å². The lowest BCUT2D eigenvalue weighted by molar-refractivity contribution is -0.156. The normalized spacial score (nSPS) is 24.4. The highest BCUT2D eigenvalue weighted by Gasteiger charge is 2.41. The number of hydrogen-bond donors (Lipinski definition) is 2. The molecule has 1 heterocycles. The number of carboxylic acid groups (broad SMARTS) is 1. The van der Waals surface area contributed by atoms with Gasteiger partial charge in [0.2, 0.25) is 0 Å². The van der Waals surface area contributed by atoms with Crippen LogP contribution >= 0.6 is 0 Å². The zero-order chi connectivity index (χ0) is 13.8. The minimum absolute atomic E-state index is 0.0250. The number of ether oxygens (including phenoxy) is 2. The third-order valence-electron chi connectivity index (χ3n) is 2.75. The van der Waals surface area contributed by atoms with Crippen LogP contribution in [0.25, 0.3) is 0 Å². The number of nitrogens with one attached hydrogen (secondary N) is 1.